The summed E-state index contributed by atoms with van der Waals surface area (Å²) < 4.78 is 5.43. The zero-order valence-corrected chi connectivity index (χ0v) is 23.3. The number of rotatable bonds is 11. The van der Waals surface area contributed by atoms with E-state index in [1.54, 1.807) is 17.3 Å². The minimum Gasteiger partial charge on any atom is -0.480 e. The van der Waals surface area contributed by atoms with Crippen molar-refractivity contribution in [3.63, 3.8) is 0 Å². The Bertz CT molecular complexity index is 1310. The molecule has 2 N–H and O–H groups in total. The number of methoxy groups -OCH3 is 1. The summed E-state index contributed by atoms with van der Waals surface area (Å²) in [5.74, 6) is -1.47. The summed E-state index contributed by atoms with van der Waals surface area (Å²) in [6.07, 6.45) is 4.01. The summed E-state index contributed by atoms with van der Waals surface area (Å²) >= 11 is 0. The van der Waals surface area contributed by atoms with Crippen LogP contribution in [0.3, 0.4) is 0 Å². The van der Waals surface area contributed by atoms with E-state index in [0.717, 1.165) is 34.2 Å². The van der Waals surface area contributed by atoms with Crippen molar-refractivity contribution < 1.29 is 33.8 Å². The third kappa shape index (κ3) is 6.82. The first-order valence-corrected chi connectivity index (χ1v) is 13.6. The van der Waals surface area contributed by atoms with E-state index < -0.39 is 36.1 Å². The third-order valence-electron chi connectivity index (χ3n) is 7.48. The summed E-state index contributed by atoms with van der Waals surface area (Å²) in [7, 11) is 1.15. The van der Waals surface area contributed by atoms with Crippen molar-refractivity contribution in [2.45, 2.75) is 24.7 Å². The lowest BCUT2D eigenvalue weighted by atomic mass is 10.0. The van der Waals surface area contributed by atoms with Crippen LogP contribution in [0.1, 0.15) is 12.0 Å². The first-order valence-electron chi connectivity index (χ1n) is 13.6. The molecule has 0 spiro atoms. The van der Waals surface area contributed by atoms with Crippen molar-refractivity contribution in [1.29, 1.82) is 0 Å². The number of nitrogens with one attached hydrogen (secondary N) is 1. The highest BCUT2D eigenvalue weighted by atomic mass is 16.5. The highest BCUT2D eigenvalue weighted by Crippen LogP contribution is 2.27. The third-order valence-corrected chi connectivity index (χ3v) is 7.48. The Kier molecular flexibility index (Phi) is 10.0. The number of hydrogen-bond donors (Lipinski definition) is 2. The fraction of sp³-hybridized carbons (Fsp3) is 0.414. The largest absolute Gasteiger partial charge is 0.480 e. The smallest absolute Gasteiger partial charge is 0.323 e. The number of carboxylic acids is 1. The number of benzene rings is 1. The minimum absolute atomic E-state index is 0.0923. The van der Waals surface area contributed by atoms with Gasteiger partial charge in [0.1, 0.15) is 12.5 Å². The van der Waals surface area contributed by atoms with Gasteiger partial charge in [-0.05, 0) is 17.7 Å². The molecule has 4 rings (SSSR count). The first-order chi connectivity index (χ1) is 20.3. The number of hydrogen-bond acceptors (Lipinski definition) is 9. The number of pyridine rings is 1. The fourth-order valence-corrected chi connectivity index (χ4v) is 5.24. The minimum atomic E-state index is -2.20. The van der Waals surface area contributed by atoms with Gasteiger partial charge in [0.25, 0.3) is 11.6 Å². The maximum Gasteiger partial charge on any atom is 0.323 e. The molecule has 0 saturated carbocycles. The van der Waals surface area contributed by atoms with Crippen molar-refractivity contribution >= 4 is 35.3 Å². The van der Waals surface area contributed by atoms with E-state index in [1.165, 1.54) is 5.94 Å². The quantitative estimate of drug-likeness (QED) is 0.342. The Morgan fingerprint density at radius 1 is 1.07 bits per heavy atom. The molecule has 0 bridgehead atoms. The molecule has 3 heterocycles. The van der Waals surface area contributed by atoms with Gasteiger partial charge in [-0.3, -0.25) is 29.1 Å². The Morgan fingerprint density at radius 3 is 2.38 bits per heavy atom. The van der Waals surface area contributed by atoms with Crippen LogP contribution in [0.2, 0.25) is 0 Å². The van der Waals surface area contributed by atoms with Crippen LogP contribution in [0, 0.1) is 0 Å². The molecular weight excluding hydrogens is 544 g/mol. The van der Waals surface area contributed by atoms with E-state index in [2.05, 4.69) is 15.2 Å². The van der Waals surface area contributed by atoms with Gasteiger partial charge in [-0.25, -0.2) is 4.79 Å². The van der Waals surface area contributed by atoms with Gasteiger partial charge in [0.2, 0.25) is 11.8 Å². The van der Waals surface area contributed by atoms with Crippen LogP contribution in [0.4, 0.5) is 5.69 Å². The Labute approximate surface area is 243 Å². The second-order valence-corrected chi connectivity index (χ2v) is 9.97. The van der Waals surface area contributed by atoms with Crippen LogP contribution < -0.4 is 10.2 Å². The highest BCUT2D eigenvalue weighted by Gasteiger charge is 2.52. The summed E-state index contributed by atoms with van der Waals surface area (Å²) in [6, 6.07) is 12.1. The first kappa shape index (κ1) is 30.4. The number of piperazine rings is 2. The number of carboxylic acid groups (broad SMARTS) is 1. The number of aliphatic carboxylic acids is 1. The molecule has 1 aromatic carbocycles. The maximum absolute atomic E-state index is 14.1. The van der Waals surface area contributed by atoms with Gasteiger partial charge in [-0.2, -0.15) is 0 Å². The lowest BCUT2D eigenvalue weighted by Gasteiger charge is -2.46. The molecule has 2 fully saturated rings. The number of nitrogens with zero attached hydrogens (tertiary/aromatic N) is 5. The lowest BCUT2D eigenvalue weighted by Crippen LogP contribution is -2.70. The fourth-order valence-electron chi connectivity index (χ4n) is 5.24. The molecule has 0 radical (unpaired) electrons. The van der Waals surface area contributed by atoms with Gasteiger partial charge >= 0.3 is 5.97 Å². The predicted molar refractivity (Wildman–Crippen MR) is 151 cm³/mol. The molecule has 13 nitrogen and oxygen atoms in total. The molecule has 2 aromatic rings. The number of carbonyl (C=O) groups is 4. The van der Waals surface area contributed by atoms with Crippen LogP contribution >= 0.6 is 0 Å². The monoisotopic (exact) mass is 578 g/mol. The van der Waals surface area contributed by atoms with Gasteiger partial charge in [0.05, 0.1) is 18.5 Å². The van der Waals surface area contributed by atoms with Crippen LogP contribution in [0.5, 0.6) is 0 Å². The maximum atomic E-state index is 14.1. The van der Waals surface area contributed by atoms with Gasteiger partial charge in [0.15, 0.2) is 0 Å². The number of ether oxygens (including phenoxy) is 1. The van der Waals surface area contributed by atoms with Crippen molar-refractivity contribution in [3.05, 3.63) is 66.5 Å². The number of anilines is 1. The summed E-state index contributed by atoms with van der Waals surface area (Å²) in [5.41, 5.74) is -0.305. The van der Waals surface area contributed by atoms with Crippen molar-refractivity contribution in [1.82, 2.24) is 25.0 Å². The van der Waals surface area contributed by atoms with Crippen LogP contribution in [-0.2, 0) is 35.3 Å². The summed E-state index contributed by atoms with van der Waals surface area (Å²) in [5, 5.41) is 12.4. The molecule has 0 unspecified atom stereocenters. The second-order valence-electron chi connectivity index (χ2n) is 9.97. The van der Waals surface area contributed by atoms with Crippen molar-refractivity contribution in [2.24, 2.45) is 0 Å². The highest BCUT2D eigenvalue weighted by molar-refractivity contribution is 5.98. The normalized spacial score (nSPS) is 19.7. The average molecular weight is 579 g/mol. The van der Waals surface area contributed by atoms with E-state index in [4.69, 9.17) is 4.74 Å². The Morgan fingerprint density at radius 2 is 1.76 bits per heavy atom. The molecule has 2 saturated heterocycles. The van der Waals surface area contributed by atoms with E-state index >= 15 is 0 Å². The predicted octanol–water partition coefficient (Wildman–Crippen LogP) is -0.235. The molecule has 0 aliphatic carbocycles. The molecule has 2 atom stereocenters. The molecule has 42 heavy (non-hydrogen) atoms. The molecule has 222 valence electrons. The molecule has 13 heteroatoms. The van der Waals surface area contributed by atoms with E-state index in [0.29, 0.717) is 26.2 Å². The van der Waals surface area contributed by atoms with E-state index in [-0.39, 0.29) is 32.0 Å². The Hall–Kier alpha value is -4.58. The number of aromatic nitrogens is 1. The van der Waals surface area contributed by atoms with E-state index in [9.17, 15) is 29.1 Å². The SMILES string of the molecule is CO[C@]1(C=C=O)C(=O)N(CC(=O)O)CCN1C(=O)[C@H](CC(=O)N1CCN(c2ccncc2)CC1)NCc1ccccc1. The number of carbonyl (C=O) groups excluding carboxylic acids is 4. The lowest BCUT2D eigenvalue weighted by molar-refractivity contribution is -0.189. The van der Waals surface area contributed by atoms with Gasteiger partial charge in [0, 0.05) is 71.0 Å². The van der Waals surface area contributed by atoms with Crippen molar-refractivity contribution in [2.75, 3.05) is 57.8 Å². The zero-order valence-electron chi connectivity index (χ0n) is 23.3. The second kappa shape index (κ2) is 13.9. The van der Waals surface area contributed by atoms with Crippen LogP contribution in [-0.4, -0.2) is 119 Å². The Balaban J connectivity index is 1.53. The van der Waals surface area contributed by atoms with Gasteiger partial charge in [-0.15, -0.1) is 0 Å². The topological polar surface area (TPSA) is 153 Å². The van der Waals surface area contributed by atoms with Crippen LogP contribution in [0.15, 0.2) is 60.9 Å². The average Bonchev–Trinajstić information content (AvgIpc) is 3.01. The molecule has 2 aliphatic heterocycles. The zero-order chi connectivity index (χ0) is 30.1. The molecule has 2 aliphatic rings. The van der Waals surface area contributed by atoms with Crippen LogP contribution in [0.25, 0.3) is 0 Å². The van der Waals surface area contributed by atoms with Gasteiger partial charge in [-0.1, -0.05) is 30.3 Å². The molecule has 3 amide bonds. The standard InChI is InChI=1S/C29H34N6O7/c1-42-29(9-18-36)28(41)34(21-26(38)39)16-17-35(29)27(40)24(31-20-22-5-3-2-4-6-22)19-25(37)33-14-12-32(13-15-33)23-7-10-30-11-8-23/h2-11,24,31H,12-17,19-21H2,1H3,(H,38,39)/t24-,29+/m0/s1. The number of amides is 3. The van der Waals surface area contributed by atoms with Crippen molar-refractivity contribution in [3.8, 4) is 0 Å². The van der Waals surface area contributed by atoms with E-state index in [1.807, 2.05) is 42.5 Å². The van der Waals surface area contributed by atoms with Gasteiger partial charge < -0.3 is 29.9 Å². The molecule has 1 aromatic heterocycles. The summed E-state index contributed by atoms with van der Waals surface area (Å²) in [6.45, 7) is 1.57. The summed E-state index contributed by atoms with van der Waals surface area (Å²) in [4.78, 5) is 73.7. The molecular formula is C29H34N6O7.